The Labute approximate surface area is 172 Å². The number of rotatable bonds is 6. The van der Waals surface area contributed by atoms with Gasteiger partial charge in [-0.25, -0.2) is 0 Å². The van der Waals surface area contributed by atoms with Gasteiger partial charge in [-0.3, -0.25) is 9.79 Å². The van der Waals surface area contributed by atoms with E-state index in [0.717, 1.165) is 38.2 Å². The van der Waals surface area contributed by atoms with Crippen LogP contribution in [0.3, 0.4) is 0 Å². The van der Waals surface area contributed by atoms with Crippen LogP contribution in [0.25, 0.3) is 0 Å². The highest BCUT2D eigenvalue weighted by Gasteiger charge is 2.42. The van der Waals surface area contributed by atoms with Crippen LogP contribution in [0.5, 0.6) is 0 Å². The van der Waals surface area contributed by atoms with Gasteiger partial charge < -0.3 is 15.5 Å². The summed E-state index contributed by atoms with van der Waals surface area (Å²) in [7, 11) is 3.68. The lowest BCUT2D eigenvalue weighted by Crippen LogP contribution is -2.43. The molecule has 0 aliphatic heterocycles. The molecule has 0 bridgehead atoms. The lowest BCUT2D eigenvalue weighted by atomic mass is 9.85. The molecule has 0 radical (unpaired) electrons. The van der Waals surface area contributed by atoms with Crippen molar-refractivity contribution in [2.45, 2.75) is 45.6 Å². The average Bonchev–Trinajstić information content (AvgIpc) is 3.24. The van der Waals surface area contributed by atoms with Crippen molar-refractivity contribution in [2.75, 3.05) is 27.2 Å². The number of aliphatic imine (C=N–C) groups is 1. The number of thiophene rings is 1. The van der Waals surface area contributed by atoms with E-state index in [1.54, 1.807) is 16.2 Å². The van der Waals surface area contributed by atoms with Gasteiger partial charge >= 0.3 is 0 Å². The fourth-order valence-corrected chi connectivity index (χ4v) is 4.06. The van der Waals surface area contributed by atoms with Gasteiger partial charge in [0.25, 0.3) is 0 Å². The smallest absolute Gasteiger partial charge is 0.230 e. The molecular weight excluding hydrogens is 447 g/mol. The third-order valence-corrected chi connectivity index (χ3v) is 5.68. The van der Waals surface area contributed by atoms with E-state index < -0.39 is 0 Å². The van der Waals surface area contributed by atoms with E-state index in [1.807, 2.05) is 14.1 Å². The molecule has 142 valence electrons. The van der Waals surface area contributed by atoms with Crippen molar-refractivity contribution in [1.82, 2.24) is 15.5 Å². The molecule has 1 unspecified atom stereocenters. The van der Waals surface area contributed by atoms with Gasteiger partial charge in [-0.15, -0.1) is 35.3 Å². The molecule has 0 spiro atoms. The predicted octanol–water partition coefficient (Wildman–Crippen LogP) is 3.63. The monoisotopic (exact) mass is 478 g/mol. The quantitative estimate of drug-likeness (QED) is 0.373. The van der Waals surface area contributed by atoms with Gasteiger partial charge in [0, 0.05) is 25.5 Å². The van der Waals surface area contributed by atoms with Gasteiger partial charge in [-0.2, -0.15) is 0 Å². The third kappa shape index (κ3) is 5.84. The highest BCUT2D eigenvalue weighted by Crippen LogP contribution is 2.39. The first-order valence-corrected chi connectivity index (χ1v) is 9.66. The van der Waals surface area contributed by atoms with Gasteiger partial charge in [0.2, 0.25) is 5.91 Å². The SMILES string of the molecule is CCNC(=NCC1(C(=O)N(C)C)CCCC1)NC(C)c1cccs1.I. The highest BCUT2D eigenvalue weighted by molar-refractivity contribution is 14.0. The Morgan fingerprint density at radius 2 is 2.08 bits per heavy atom. The highest BCUT2D eigenvalue weighted by atomic mass is 127. The maximum absolute atomic E-state index is 12.7. The van der Waals surface area contributed by atoms with Crippen molar-refractivity contribution >= 4 is 47.2 Å². The van der Waals surface area contributed by atoms with Crippen LogP contribution in [-0.2, 0) is 4.79 Å². The van der Waals surface area contributed by atoms with Crippen molar-refractivity contribution in [3.05, 3.63) is 22.4 Å². The number of hydrogen-bond acceptors (Lipinski definition) is 3. The molecule has 1 aromatic heterocycles. The number of carbonyl (C=O) groups excluding carboxylic acids is 1. The Kier molecular flexibility index (Phi) is 9.20. The zero-order chi connectivity index (χ0) is 17.6. The topological polar surface area (TPSA) is 56.7 Å². The molecule has 1 saturated carbocycles. The lowest BCUT2D eigenvalue weighted by Gasteiger charge is -2.29. The van der Waals surface area contributed by atoms with E-state index in [2.05, 4.69) is 42.0 Å². The standard InChI is InChI=1S/C18H30N4OS.HI/c1-5-19-17(21-14(2)15-9-8-12-24-15)20-13-18(10-6-7-11-18)16(23)22(3)4;/h8-9,12,14H,5-7,10-11,13H2,1-4H3,(H2,19,20,21);1H. The van der Waals surface area contributed by atoms with E-state index >= 15 is 0 Å². The minimum absolute atomic E-state index is 0. The average molecular weight is 478 g/mol. The van der Waals surface area contributed by atoms with Crippen molar-refractivity contribution in [3.8, 4) is 0 Å². The van der Waals surface area contributed by atoms with Crippen molar-refractivity contribution < 1.29 is 4.79 Å². The second kappa shape index (κ2) is 10.4. The summed E-state index contributed by atoms with van der Waals surface area (Å²) in [5.41, 5.74) is -0.321. The van der Waals surface area contributed by atoms with Crippen LogP contribution in [0.15, 0.2) is 22.5 Å². The normalized spacial score (nSPS) is 17.5. The zero-order valence-electron chi connectivity index (χ0n) is 15.7. The summed E-state index contributed by atoms with van der Waals surface area (Å²) in [6.45, 7) is 5.55. The zero-order valence-corrected chi connectivity index (χ0v) is 18.8. The molecule has 5 nitrogen and oxygen atoms in total. The molecule has 1 fully saturated rings. The fraction of sp³-hybridized carbons (Fsp3) is 0.667. The van der Waals surface area contributed by atoms with Crippen LogP contribution in [0.4, 0.5) is 0 Å². The Hall–Kier alpha value is -0.830. The lowest BCUT2D eigenvalue weighted by molar-refractivity contribution is -0.138. The van der Waals surface area contributed by atoms with Crippen LogP contribution in [0.2, 0.25) is 0 Å². The van der Waals surface area contributed by atoms with Gasteiger partial charge in [0.05, 0.1) is 18.0 Å². The summed E-state index contributed by atoms with van der Waals surface area (Å²) in [5.74, 6) is 1.00. The number of guanidine groups is 1. The fourth-order valence-electron chi connectivity index (χ4n) is 3.33. The number of carbonyl (C=O) groups is 1. The van der Waals surface area contributed by atoms with Crippen molar-refractivity contribution in [3.63, 3.8) is 0 Å². The summed E-state index contributed by atoms with van der Waals surface area (Å²) >= 11 is 1.74. The van der Waals surface area contributed by atoms with Crippen molar-refractivity contribution in [1.29, 1.82) is 0 Å². The van der Waals surface area contributed by atoms with Gasteiger partial charge in [0.15, 0.2) is 5.96 Å². The molecular formula is C18H31IN4OS. The first-order valence-electron chi connectivity index (χ1n) is 8.78. The molecule has 0 saturated heterocycles. The molecule has 2 rings (SSSR count). The second-order valence-electron chi connectivity index (χ2n) is 6.76. The summed E-state index contributed by atoms with van der Waals surface area (Å²) in [6, 6.07) is 4.39. The van der Waals surface area contributed by atoms with Gasteiger partial charge in [-0.1, -0.05) is 18.9 Å². The number of halogens is 1. The predicted molar refractivity (Wildman–Crippen MR) is 117 cm³/mol. The largest absolute Gasteiger partial charge is 0.357 e. The number of amides is 1. The minimum atomic E-state index is -0.321. The maximum atomic E-state index is 12.7. The number of hydrogen-bond donors (Lipinski definition) is 2. The van der Waals surface area contributed by atoms with Crippen molar-refractivity contribution in [2.24, 2.45) is 10.4 Å². The van der Waals surface area contributed by atoms with E-state index in [4.69, 9.17) is 4.99 Å². The summed E-state index contributed by atoms with van der Waals surface area (Å²) in [5, 5.41) is 8.84. The molecule has 1 aliphatic carbocycles. The Balaban J connectivity index is 0.00000312. The minimum Gasteiger partial charge on any atom is -0.357 e. The van der Waals surface area contributed by atoms with E-state index in [0.29, 0.717) is 6.54 Å². The van der Waals surface area contributed by atoms with Gasteiger partial charge in [0.1, 0.15) is 0 Å². The Bertz CT molecular complexity index is 553. The molecule has 0 aromatic carbocycles. The third-order valence-electron chi connectivity index (χ3n) is 4.63. The first-order chi connectivity index (χ1) is 11.5. The maximum Gasteiger partial charge on any atom is 0.230 e. The molecule has 1 aromatic rings. The second-order valence-corrected chi connectivity index (χ2v) is 7.74. The van der Waals surface area contributed by atoms with E-state index in [1.165, 1.54) is 4.88 Å². The molecule has 1 atom stereocenters. The number of nitrogens with zero attached hydrogens (tertiary/aromatic N) is 2. The van der Waals surface area contributed by atoms with Crippen LogP contribution in [0, 0.1) is 5.41 Å². The molecule has 1 amide bonds. The van der Waals surface area contributed by atoms with E-state index in [9.17, 15) is 4.79 Å². The molecule has 2 N–H and O–H groups in total. The summed E-state index contributed by atoms with van der Waals surface area (Å²) in [4.78, 5) is 20.4. The summed E-state index contributed by atoms with van der Waals surface area (Å²) in [6.07, 6.45) is 4.11. The van der Waals surface area contributed by atoms with Crippen LogP contribution in [0.1, 0.15) is 50.4 Å². The molecule has 1 aliphatic rings. The Morgan fingerprint density at radius 3 is 2.60 bits per heavy atom. The van der Waals surface area contributed by atoms with E-state index in [-0.39, 0.29) is 41.3 Å². The molecule has 1 heterocycles. The van der Waals surface area contributed by atoms with Crippen LogP contribution < -0.4 is 10.6 Å². The molecule has 7 heteroatoms. The summed E-state index contributed by atoms with van der Waals surface area (Å²) < 4.78 is 0. The van der Waals surface area contributed by atoms with Gasteiger partial charge in [-0.05, 0) is 38.1 Å². The van der Waals surface area contributed by atoms with Crippen LogP contribution >= 0.6 is 35.3 Å². The first kappa shape index (κ1) is 22.2. The Morgan fingerprint density at radius 1 is 1.40 bits per heavy atom. The molecule has 25 heavy (non-hydrogen) atoms. The number of nitrogens with one attached hydrogen (secondary N) is 2. The van der Waals surface area contributed by atoms with Crippen LogP contribution in [-0.4, -0.2) is 44.0 Å².